The number of ether oxygens (including phenoxy) is 2. The van der Waals surface area contributed by atoms with Gasteiger partial charge in [-0.05, 0) is 26.2 Å². The van der Waals surface area contributed by atoms with Crippen molar-refractivity contribution in [2.24, 2.45) is 16.3 Å². The molecular formula is C19H38IN3O2. The molecule has 3 atom stereocenters. The SMILES string of the molecule is CCCCOC1CC(NC(=NC)N2CCC(COCC)C2)C1(C)C.I. The second-order valence-corrected chi connectivity index (χ2v) is 7.77. The second kappa shape index (κ2) is 10.9. The van der Waals surface area contributed by atoms with E-state index in [1.54, 1.807) is 0 Å². The topological polar surface area (TPSA) is 46.1 Å². The van der Waals surface area contributed by atoms with Crippen LogP contribution in [0, 0.1) is 11.3 Å². The average molecular weight is 467 g/mol. The third kappa shape index (κ3) is 5.96. The largest absolute Gasteiger partial charge is 0.381 e. The van der Waals surface area contributed by atoms with Gasteiger partial charge < -0.3 is 19.7 Å². The molecule has 0 aromatic rings. The summed E-state index contributed by atoms with van der Waals surface area (Å²) in [5.41, 5.74) is 0.161. The smallest absolute Gasteiger partial charge is 0.193 e. The van der Waals surface area contributed by atoms with Gasteiger partial charge in [0.25, 0.3) is 0 Å². The summed E-state index contributed by atoms with van der Waals surface area (Å²) in [6.07, 6.45) is 4.98. The van der Waals surface area contributed by atoms with Crippen LogP contribution in [-0.4, -0.2) is 63.0 Å². The summed E-state index contributed by atoms with van der Waals surface area (Å²) in [5.74, 6) is 1.67. The first-order valence-corrected chi connectivity index (χ1v) is 9.70. The summed E-state index contributed by atoms with van der Waals surface area (Å²) in [6, 6.07) is 0.439. The summed E-state index contributed by atoms with van der Waals surface area (Å²) >= 11 is 0. The van der Waals surface area contributed by atoms with Crippen molar-refractivity contribution < 1.29 is 9.47 Å². The summed E-state index contributed by atoms with van der Waals surface area (Å²) in [6.45, 7) is 13.6. The van der Waals surface area contributed by atoms with E-state index >= 15 is 0 Å². The quantitative estimate of drug-likeness (QED) is 0.257. The maximum absolute atomic E-state index is 6.06. The number of aliphatic imine (C=N–C) groups is 1. The molecule has 2 aliphatic rings. The summed E-state index contributed by atoms with van der Waals surface area (Å²) in [4.78, 5) is 6.90. The fourth-order valence-corrected chi connectivity index (χ4v) is 3.68. The predicted molar refractivity (Wildman–Crippen MR) is 115 cm³/mol. The van der Waals surface area contributed by atoms with Crippen LogP contribution in [0.2, 0.25) is 0 Å². The van der Waals surface area contributed by atoms with Crippen LogP contribution in [0.4, 0.5) is 0 Å². The summed E-state index contributed by atoms with van der Waals surface area (Å²) in [5, 5.41) is 3.69. The number of guanidine groups is 1. The minimum atomic E-state index is 0. The standard InChI is InChI=1S/C19H37N3O2.HI/c1-6-8-11-24-17-12-16(19(17,3)4)21-18(20-5)22-10-9-15(13-22)14-23-7-2;/h15-17H,6-14H2,1-5H3,(H,20,21);1H. The first-order chi connectivity index (χ1) is 11.5. The van der Waals surface area contributed by atoms with Gasteiger partial charge in [-0.25, -0.2) is 0 Å². The van der Waals surface area contributed by atoms with Crippen molar-refractivity contribution in [3.63, 3.8) is 0 Å². The Morgan fingerprint density at radius 2 is 2.08 bits per heavy atom. The molecule has 1 saturated heterocycles. The normalized spacial score (nSPS) is 28.4. The zero-order chi connectivity index (χ0) is 17.6. The van der Waals surface area contributed by atoms with Crippen LogP contribution in [0.1, 0.15) is 53.4 Å². The molecule has 0 spiro atoms. The fraction of sp³-hybridized carbons (Fsp3) is 0.947. The van der Waals surface area contributed by atoms with Gasteiger partial charge >= 0.3 is 0 Å². The van der Waals surface area contributed by atoms with Crippen LogP contribution in [0.15, 0.2) is 4.99 Å². The lowest BCUT2D eigenvalue weighted by Gasteiger charge is -2.52. The second-order valence-electron chi connectivity index (χ2n) is 7.77. The molecule has 2 rings (SSSR count). The van der Waals surface area contributed by atoms with E-state index in [-0.39, 0.29) is 29.4 Å². The first-order valence-electron chi connectivity index (χ1n) is 9.70. The molecule has 2 fully saturated rings. The molecule has 0 aromatic heterocycles. The Kier molecular flexibility index (Phi) is 10.0. The van der Waals surface area contributed by atoms with E-state index in [0.29, 0.717) is 18.1 Å². The van der Waals surface area contributed by atoms with Gasteiger partial charge in [0.05, 0.1) is 12.7 Å². The van der Waals surface area contributed by atoms with Crippen LogP contribution in [0.25, 0.3) is 0 Å². The lowest BCUT2D eigenvalue weighted by molar-refractivity contribution is -0.114. The Balaban J connectivity index is 0.00000312. The molecular weight excluding hydrogens is 429 g/mol. The number of nitrogens with zero attached hydrogens (tertiary/aromatic N) is 2. The molecule has 1 saturated carbocycles. The molecule has 1 aliphatic heterocycles. The van der Waals surface area contributed by atoms with Crippen LogP contribution < -0.4 is 5.32 Å². The minimum absolute atomic E-state index is 0. The number of halogens is 1. The van der Waals surface area contributed by atoms with Crippen molar-refractivity contribution in [2.75, 3.05) is 40.0 Å². The van der Waals surface area contributed by atoms with Crippen molar-refractivity contribution >= 4 is 29.9 Å². The van der Waals surface area contributed by atoms with Gasteiger partial charge in [-0.2, -0.15) is 0 Å². The molecule has 0 bridgehead atoms. The van der Waals surface area contributed by atoms with E-state index < -0.39 is 0 Å². The van der Waals surface area contributed by atoms with Gasteiger partial charge in [0, 0.05) is 50.7 Å². The van der Waals surface area contributed by atoms with Crippen molar-refractivity contribution in [3.05, 3.63) is 0 Å². The molecule has 0 radical (unpaired) electrons. The minimum Gasteiger partial charge on any atom is -0.381 e. The van der Waals surface area contributed by atoms with Crippen LogP contribution >= 0.6 is 24.0 Å². The highest BCUT2D eigenvalue weighted by Gasteiger charge is 2.49. The van der Waals surface area contributed by atoms with Gasteiger partial charge in [-0.1, -0.05) is 27.2 Å². The first kappa shape index (κ1) is 23.0. The van der Waals surface area contributed by atoms with Crippen LogP contribution in [0.3, 0.4) is 0 Å². The lowest BCUT2D eigenvalue weighted by Crippen LogP contribution is -2.63. The van der Waals surface area contributed by atoms with E-state index in [1.165, 1.54) is 12.8 Å². The number of nitrogens with one attached hydrogen (secondary N) is 1. The van der Waals surface area contributed by atoms with Gasteiger partial charge in [-0.15, -0.1) is 24.0 Å². The van der Waals surface area contributed by atoms with Crippen molar-refractivity contribution in [3.8, 4) is 0 Å². The Hall–Kier alpha value is -0.0800. The van der Waals surface area contributed by atoms with E-state index in [2.05, 4.69) is 42.9 Å². The summed E-state index contributed by atoms with van der Waals surface area (Å²) < 4.78 is 11.6. The summed E-state index contributed by atoms with van der Waals surface area (Å²) in [7, 11) is 1.89. The Morgan fingerprint density at radius 3 is 2.68 bits per heavy atom. The van der Waals surface area contributed by atoms with Gasteiger partial charge in [0.1, 0.15) is 0 Å². The molecule has 148 valence electrons. The Morgan fingerprint density at radius 1 is 1.32 bits per heavy atom. The number of unbranched alkanes of at least 4 members (excludes halogenated alkanes) is 1. The molecule has 1 N–H and O–H groups in total. The van der Waals surface area contributed by atoms with E-state index in [9.17, 15) is 0 Å². The molecule has 25 heavy (non-hydrogen) atoms. The zero-order valence-electron chi connectivity index (χ0n) is 16.7. The van der Waals surface area contributed by atoms with Gasteiger partial charge in [0.2, 0.25) is 0 Å². The van der Waals surface area contributed by atoms with Crippen molar-refractivity contribution in [2.45, 2.75) is 65.5 Å². The van der Waals surface area contributed by atoms with Gasteiger partial charge in [-0.3, -0.25) is 4.99 Å². The fourth-order valence-electron chi connectivity index (χ4n) is 3.68. The highest BCUT2D eigenvalue weighted by atomic mass is 127. The monoisotopic (exact) mass is 467 g/mol. The molecule has 0 amide bonds. The van der Waals surface area contributed by atoms with Crippen molar-refractivity contribution in [1.82, 2.24) is 10.2 Å². The molecule has 3 unspecified atom stereocenters. The van der Waals surface area contributed by atoms with Crippen LogP contribution in [-0.2, 0) is 9.47 Å². The number of hydrogen-bond donors (Lipinski definition) is 1. The van der Waals surface area contributed by atoms with Gasteiger partial charge in [0.15, 0.2) is 5.96 Å². The molecule has 0 aromatic carbocycles. The van der Waals surface area contributed by atoms with E-state index in [4.69, 9.17) is 9.47 Å². The Labute approximate surface area is 171 Å². The van der Waals surface area contributed by atoms with Crippen molar-refractivity contribution in [1.29, 1.82) is 0 Å². The lowest BCUT2D eigenvalue weighted by atomic mass is 9.64. The average Bonchev–Trinajstić information content (AvgIpc) is 3.03. The van der Waals surface area contributed by atoms with Crippen LogP contribution in [0.5, 0.6) is 0 Å². The Bertz CT molecular complexity index is 417. The molecule has 6 heteroatoms. The molecule has 1 heterocycles. The highest BCUT2D eigenvalue weighted by Crippen LogP contribution is 2.43. The number of likely N-dealkylation sites (tertiary alicyclic amines) is 1. The maximum Gasteiger partial charge on any atom is 0.193 e. The zero-order valence-corrected chi connectivity index (χ0v) is 19.0. The third-order valence-electron chi connectivity index (χ3n) is 5.65. The highest BCUT2D eigenvalue weighted by molar-refractivity contribution is 14.0. The molecule has 5 nitrogen and oxygen atoms in total. The number of rotatable bonds is 8. The number of hydrogen-bond acceptors (Lipinski definition) is 3. The third-order valence-corrected chi connectivity index (χ3v) is 5.65. The van der Waals surface area contributed by atoms with E-state index in [1.807, 2.05) is 7.05 Å². The molecule has 1 aliphatic carbocycles. The maximum atomic E-state index is 6.06. The van der Waals surface area contributed by atoms with E-state index in [0.717, 1.165) is 51.7 Å². The predicted octanol–water partition coefficient (Wildman–Crippen LogP) is 3.52.